The van der Waals surface area contributed by atoms with Gasteiger partial charge in [0.25, 0.3) is 11.7 Å². The van der Waals surface area contributed by atoms with Gasteiger partial charge in [-0.2, -0.15) is 8.78 Å². The average molecular weight is 341 g/mol. The van der Waals surface area contributed by atoms with Crippen LogP contribution in [0.25, 0.3) is 0 Å². The Morgan fingerprint density at radius 1 is 1.26 bits per heavy atom. The summed E-state index contributed by atoms with van der Waals surface area (Å²) in [5.74, 6) is -1.93. The molecular formula is C16H17F2NO3S. The number of ether oxygens (including phenoxy) is 1. The number of carbonyl (C=O) groups is 1. The number of hydrogen-bond donors (Lipinski definition) is 1. The van der Waals surface area contributed by atoms with Crippen LogP contribution in [0.5, 0.6) is 0 Å². The van der Waals surface area contributed by atoms with Gasteiger partial charge in [0.05, 0.1) is 6.26 Å². The number of furan rings is 1. The second kappa shape index (κ2) is 9.32. The molecule has 2 rings (SSSR count). The summed E-state index contributed by atoms with van der Waals surface area (Å²) in [4.78, 5) is 12.3. The molecule has 0 atom stereocenters. The second-order valence-corrected chi connectivity index (χ2v) is 5.71. The Morgan fingerprint density at radius 2 is 2.04 bits per heavy atom. The van der Waals surface area contributed by atoms with Gasteiger partial charge in [0.1, 0.15) is 12.4 Å². The maximum Gasteiger partial charge on any atom is 0.288 e. The molecule has 0 saturated carbocycles. The summed E-state index contributed by atoms with van der Waals surface area (Å²) < 4.78 is 34.9. The van der Waals surface area contributed by atoms with E-state index in [-0.39, 0.29) is 5.91 Å². The molecule has 0 aliphatic heterocycles. The van der Waals surface area contributed by atoms with E-state index in [1.165, 1.54) is 24.3 Å². The Hall–Kier alpha value is -1.86. The summed E-state index contributed by atoms with van der Waals surface area (Å²) in [6.07, 6.45) is 2.26. The van der Waals surface area contributed by atoms with Gasteiger partial charge in [-0.15, -0.1) is 0 Å². The van der Waals surface area contributed by atoms with Crippen LogP contribution in [0.15, 0.2) is 52.0 Å². The highest BCUT2D eigenvalue weighted by molar-refractivity contribution is 7.99. The number of amides is 1. The highest BCUT2D eigenvalue weighted by atomic mass is 32.2. The predicted octanol–water partition coefficient (Wildman–Crippen LogP) is 3.93. The Morgan fingerprint density at radius 3 is 2.70 bits per heavy atom. The van der Waals surface area contributed by atoms with Crippen LogP contribution in [-0.4, -0.2) is 24.8 Å². The summed E-state index contributed by atoms with van der Waals surface area (Å²) in [6.45, 7) is 1.39. The van der Waals surface area contributed by atoms with E-state index in [0.29, 0.717) is 48.4 Å². The highest BCUT2D eigenvalue weighted by Gasteiger charge is 2.08. The van der Waals surface area contributed by atoms with E-state index in [9.17, 15) is 13.6 Å². The number of halogens is 2. The molecule has 0 spiro atoms. The van der Waals surface area contributed by atoms with E-state index in [0.717, 1.165) is 5.76 Å². The molecule has 0 aliphatic carbocycles. The third kappa shape index (κ3) is 6.42. The lowest BCUT2D eigenvalue weighted by Crippen LogP contribution is -2.25. The predicted molar refractivity (Wildman–Crippen MR) is 83.6 cm³/mol. The van der Waals surface area contributed by atoms with Crippen LogP contribution < -0.4 is 5.32 Å². The Labute approximate surface area is 137 Å². The molecule has 0 fully saturated rings. The van der Waals surface area contributed by atoms with Gasteiger partial charge in [-0.05, 0) is 42.8 Å². The van der Waals surface area contributed by atoms with Gasteiger partial charge in [0, 0.05) is 23.6 Å². The number of hydrogen-bond acceptors (Lipinski definition) is 4. The number of rotatable bonds is 9. The maximum atomic E-state index is 12.2. The Bertz CT molecular complexity index is 588. The average Bonchev–Trinajstić information content (AvgIpc) is 3.04. The molecule has 0 aliphatic rings. The fourth-order valence-electron chi connectivity index (χ4n) is 1.83. The summed E-state index contributed by atoms with van der Waals surface area (Å²) in [7, 11) is 0. The van der Waals surface area contributed by atoms with Crippen molar-refractivity contribution in [2.45, 2.75) is 23.7 Å². The Balaban J connectivity index is 1.62. The molecule has 0 unspecified atom stereocenters. The zero-order valence-electron chi connectivity index (χ0n) is 12.3. The molecule has 1 aromatic heterocycles. The standard InChI is InChI=1S/C16H17F2NO3S/c17-16(18)23-14-6-4-12(5-7-14)15(20)19-8-2-9-21-11-13-3-1-10-22-13/h1,3-7,10,16H,2,8-9,11H2,(H,19,20). The second-order valence-electron chi connectivity index (χ2n) is 4.64. The first kappa shape index (κ1) is 17.5. The number of thioether (sulfide) groups is 1. The van der Waals surface area contributed by atoms with E-state index in [4.69, 9.17) is 9.15 Å². The van der Waals surface area contributed by atoms with Gasteiger partial charge in [0.2, 0.25) is 0 Å². The van der Waals surface area contributed by atoms with Crippen molar-refractivity contribution >= 4 is 17.7 Å². The maximum absolute atomic E-state index is 12.2. The largest absolute Gasteiger partial charge is 0.467 e. The summed E-state index contributed by atoms with van der Waals surface area (Å²) in [5.41, 5.74) is 0.445. The number of benzene rings is 1. The first-order valence-corrected chi connectivity index (χ1v) is 7.96. The van der Waals surface area contributed by atoms with Crippen LogP contribution >= 0.6 is 11.8 Å². The van der Waals surface area contributed by atoms with Crippen molar-refractivity contribution in [3.63, 3.8) is 0 Å². The van der Waals surface area contributed by atoms with E-state index >= 15 is 0 Å². The molecule has 0 saturated heterocycles. The van der Waals surface area contributed by atoms with E-state index in [1.807, 2.05) is 6.07 Å². The molecule has 1 aromatic carbocycles. The first-order valence-electron chi connectivity index (χ1n) is 7.08. The molecule has 0 radical (unpaired) electrons. The van der Waals surface area contributed by atoms with E-state index in [1.54, 1.807) is 12.3 Å². The van der Waals surface area contributed by atoms with E-state index < -0.39 is 5.76 Å². The molecule has 7 heteroatoms. The third-order valence-electron chi connectivity index (χ3n) is 2.92. The zero-order valence-corrected chi connectivity index (χ0v) is 13.2. The molecule has 4 nitrogen and oxygen atoms in total. The monoisotopic (exact) mass is 341 g/mol. The van der Waals surface area contributed by atoms with Gasteiger partial charge in [-0.1, -0.05) is 11.8 Å². The summed E-state index contributed by atoms with van der Waals surface area (Å²) in [6, 6.07) is 9.72. The molecule has 1 amide bonds. The van der Waals surface area contributed by atoms with Crippen molar-refractivity contribution in [2.24, 2.45) is 0 Å². The van der Waals surface area contributed by atoms with Crippen LogP contribution in [0.3, 0.4) is 0 Å². The minimum Gasteiger partial charge on any atom is -0.467 e. The molecular weight excluding hydrogens is 324 g/mol. The highest BCUT2D eigenvalue weighted by Crippen LogP contribution is 2.25. The van der Waals surface area contributed by atoms with Crippen molar-refractivity contribution in [1.29, 1.82) is 0 Å². The quantitative estimate of drug-likeness (QED) is 0.555. The van der Waals surface area contributed by atoms with Crippen LogP contribution in [0, 0.1) is 0 Å². The fraction of sp³-hybridized carbons (Fsp3) is 0.312. The third-order valence-corrected chi connectivity index (χ3v) is 3.64. The molecule has 1 N–H and O–H groups in total. The first-order chi connectivity index (χ1) is 11.1. The van der Waals surface area contributed by atoms with Crippen molar-refractivity contribution in [2.75, 3.05) is 13.2 Å². The summed E-state index contributed by atoms with van der Waals surface area (Å²) in [5, 5.41) is 2.76. The number of alkyl halides is 2. The van der Waals surface area contributed by atoms with Crippen molar-refractivity contribution in [3.8, 4) is 0 Å². The topological polar surface area (TPSA) is 51.5 Å². The lowest BCUT2D eigenvalue weighted by molar-refractivity contribution is 0.0917. The minimum absolute atomic E-state index is 0.232. The zero-order chi connectivity index (χ0) is 16.5. The summed E-state index contributed by atoms with van der Waals surface area (Å²) >= 11 is 0.455. The fourth-order valence-corrected chi connectivity index (χ4v) is 2.33. The Kier molecular flexibility index (Phi) is 7.09. The van der Waals surface area contributed by atoms with Crippen molar-refractivity contribution in [1.82, 2.24) is 5.32 Å². The van der Waals surface area contributed by atoms with E-state index in [2.05, 4.69) is 5.32 Å². The van der Waals surface area contributed by atoms with Crippen LogP contribution in [0.2, 0.25) is 0 Å². The molecule has 124 valence electrons. The van der Waals surface area contributed by atoms with Gasteiger partial charge < -0.3 is 14.5 Å². The smallest absolute Gasteiger partial charge is 0.288 e. The molecule has 1 heterocycles. The van der Waals surface area contributed by atoms with Crippen LogP contribution in [0.4, 0.5) is 8.78 Å². The molecule has 0 bridgehead atoms. The SMILES string of the molecule is O=C(NCCCOCc1ccco1)c1ccc(SC(F)F)cc1. The van der Waals surface area contributed by atoms with Gasteiger partial charge in [0.15, 0.2) is 0 Å². The number of carbonyl (C=O) groups excluding carboxylic acids is 1. The molecule has 2 aromatic rings. The van der Waals surface area contributed by atoms with Crippen molar-refractivity contribution in [3.05, 3.63) is 54.0 Å². The van der Waals surface area contributed by atoms with Gasteiger partial charge in [-0.25, -0.2) is 0 Å². The van der Waals surface area contributed by atoms with Crippen LogP contribution in [0.1, 0.15) is 22.5 Å². The van der Waals surface area contributed by atoms with Crippen molar-refractivity contribution < 1.29 is 22.7 Å². The van der Waals surface area contributed by atoms with Gasteiger partial charge >= 0.3 is 0 Å². The lowest BCUT2D eigenvalue weighted by atomic mass is 10.2. The lowest BCUT2D eigenvalue weighted by Gasteiger charge is -2.06. The minimum atomic E-state index is -2.46. The normalized spacial score (nSPS) is 10.9. The number of nitrogens with one attached hydrogen (secondary N) is 1. The van der Waals surface area contributed by atoms with Crippen LogP contribution in [-0.2, 0) is 11.3 Å². The van der Waals surface area contributed by atoms with Gasteiger partial charge in [-0.3, -0.25) is 4.79 Å². The molecule has 23 heavy (non-hydrogen) atoms.